The highest BCUT2D eigenvalue weighted by molar-refractivity contribution is 5.75. The molecule has 18 heavy (non-hydrogen) atoms. The fourth-order valence-electron chi connectivity index (χ4n) is 1.83. The Balaban J connectivity index is 4.06. The monoisotopic (exact) mass is 258 g/mol. The molecule has 0 saturated heterocycles. The Hall–Kier alpha value is -1.26. The van der Waals surface area contributed by atoms with Crippen molar-refractivity contribution >= 4 is 12.0 Å². The number of rotatable bonds is 8. The summed E-state index contributed by atoms with van der Waals surface area (Å²) in [6.45, 7) is 9.07. The minimum atomic E-state index is -0.881. The lowest BCUT2D eigenvalue weighted by molar-refractivity contribution is -0.138. The molecule has 0 aromatic carbocycles. The van der Waals surface area contributed by atoms with Gasteiger partial charge in [-0.15, -0.1) is 0 Å². The van der Waals surface area contributed by atoms with E-state index in [-0.39, 0.29) is 18.5 Å². The summed E-state index contributed by atoms with van der Waals surface area (Å²) >= 11 is 0. The number of nitrogens with one attached hydrogen (secondary N) is 1. The number of carbonyl (C=O) groups is 2. The van der Waals surface area contributed by atoms with Crippen LogP contribution < -0.4 is 5.32 Å². The summed E-state index contributed by atoms with van der Waals surface area (Å²) in [5, 5.41) is 11.6. The minimum absolute atomic E-state index is 0.0206. The highest BCUT2D eigenvalue weighted by atomic mass is 16.4. The van der Waals surface area contributed by atoms with Gasteiger partial charge >= 0.3 is 12.0 Å². The third-order valence-corrected chi connectivity index (χ3v) is 2.84. The van der Waals surface area contributed by atoms with Crippen molar-refractivity contribution in [2.45, 2.75) is 53.0 Å². The van der Waals surface area contributed by atoms with Gasteiger partial charge in [0.1, 0.15) is 0 Å². The third kappa shape index (κ3) is 7.14. The predicted molar refractivity (Wildman–Crippen MR) is 71.6 cm³/mol. The number of carboxylic acid groups (broad SMARTS) is 1. The van der Waals surface area contributed by atoms with E-state index in [0.717, 1.165) is 12.8 Å². The van der Waals surface area contributed by atoms with Crippen LogP contribution in [-0.2, 0) is 4.79 Å². The maximum Gasteiger partial charge on any atom is 0.317 e. The van der Waals surface area contributed by atoms with E-state index >= 15 is 0 Å². The lowest BCUT2D eigenvalue weighted by Crippen LogP contribution is -2.45. The van der Waals surface area contributed by atoms with Gasteiger partial charge in [0.05, 0.1) is 6.42 Å². The molecule has 0 bridgehead atoms. The molecule has 5 nitrogen and oxygen atoms in total. The van der Waals surface area contributed by atoms with E-state index in [1.807, 2.05) is 6.92 Å². The lowest BCUT2D eigenvalue weighted by atomic mass is 10.1. The molecule has 1 unspecified atom stereocenters. The molecule has 0 aliphatic heterocycles. The van der Waals surface area contributed by atoms with Crippen LogP contribution in [0.4, 0.5) is 4.79 Å². The van der Waals surface area contributed by atoms with Crippen molar-refractivity contribution in [3.8, 4) is 0 Å². The van der Waals surface area contributed by atoms with Crippen LogP contribution in [0.15, 0.2) is 0 Å². The van der Waals surface area contributed by atoms with Gasteiger partial charge in [0.2, 0.25) is 0 Å². The first-order valence-electron chi connectivity index (χ1n) is 6.64. The molecule has 2 N–H and O–H groups in total. The quantitative estimate of drug-likeness (QED) is 0.656. The van der Waals surface area contributed by atoms with Crippen molar-refractivity contribution in [2.75, 3.05) is 13.1 Å². The second-order valence-corrected chi connectivity index (χ2v) is 5.00. The van der Waals surface area contributed by atoms with Crippen molar-refractivity contribution in [3.05, 3.63) is 0 Å². The zero-order chi connectivity index (χ0) is 14.1. The SMILES string of the molecule is CCN(C(=O)NCCCC(C)C)C(C)CC(=O)O. The summed E-state index contributed by atoms with van der Waals surface area (Å²) < 4.78 is 0. The molecule has 0 aromatic rings. The first-order chi connectivity index (χ1) is 8.38. The largest absolute Gasteiger partial charge is 0.481 e. The molecule has 0 aliphatic rings. The Morgan fingerprint density at radius 3 is 2.33 bits per heavy atom. The Morgan fingerprint density at radius 1 is 1.28 bits per heavy atom. The van der Waals surface area contributed by atoms with Gasteiger partial charge in [0, 0.05) is 19.1 Å². The topological polar surface area (TPSA) is 69.6 Å². The van der Waals surface area contributed by atoms with Crippen molar-refractivity contribution in [2.24, 2.45) is 5.92 Å². The number of aliphatic carboxylic acids is 1. The number of amides is 2. The smallest absolute Gasteiger partial charge is 0.317 e. The summed E-state index contributed by atoms with van der Waals surface area (Å²) in [5.74, 6) is -0.247. The Labute approximate surface area is 110 Å². The van der Waals surface area contributed by atoms with E-state index in [2.05, 4.69) is 19.2 Å². The van der Waals surface area contributed by atoms with Crippen molar-refractivity contribution in [1.82, 2.24) is 10.2 Å². The van der Waals surface area contributed by atoms with E-state index in [1.54, 1.807) is 11.8 Å². The Morgan fingerprint density at radius 2 is 1.89 bits per heavy atom. The molecule has 0 spiro atoms. The van der Waals surface area contributed by atoms with Gasteiger partial charge in [-0.1, -0.05) is 13.8 Å². The Kier molecular flexibility index (Phi) is 8.16. The fraction of sp³-hybridized carbons (Fsp3) is 0.846. The summed E-state index contributed by atoms with van der Waals surface area (Å²) in [6.07, 6.45) is 2.01. The van der Waals surface area contributed by atoms with Gasteiger partial charge in [-0.2, -0.15) is 0 Å². The second-order valence-electron chi connectivity index (χ2n) is 5.00. The first-order valence-corrected chi connectivity index (χ1v) is 6.64. The zero-order valence-electron chi connectivity index (χ0n) is 11.9. The van der Waals surface area contributed by atoms with Crippen LogP contribution in [0.25, 0.3) is 0 Å². The predicted octanol–water partition coefficient (Wildman–Crippen LogP) is 2.32. The van der Waals surface area contributed by atoms with E-state index in [9.17, 15) is 9.59 Å². The molecule has 0 saturated carbocycles. The highest BCUT2D eigenvalue weighted by Crippen LogP contribution is 2.05. The van der Waals surface area contributed by atoms with Crippen LogP contribution >= 0.6 is 0 Å². The zero-order valence-corrected chi connectivity index (χ0v) is 11.9. The molecule has 1 atom stereocenters. The van der Waals surface area contributed by atoms with E-state index in [4.69, 9.17) is 5.11 Å². The molecular formula is C13H26N2O3. The van der Waals surface area contributed by atoms with Gasteiger partial charge < -0.3 is 15.3 Å². The number of urea groups is 1. The summed E-state index contributed by atoms with van der Waals surface area (Å²) in [5.41, 5.74) is 0. The van der Waals surface area contributed by atoms with E-state index in [1.165, 1.54) is 0 Å². The summed E-state index contributed by atoms with van der Waals surface area (Å²) in [7, 11) is 0. The van der Waals surface area contributed by atoms with Crippen LogP contribution in [0, 0.1) is 5.92 Å². The molecule has 0 aliphatic carbocycles. The van der Waals surface area contributed by atoms with E-state index < -0.39 is 5.97 Å². The third-order valence-electron chi connectivity index (χ3n) is 2.84. The molecule has 5 heteroatoms. The maximum atomic E-state index is 11.9. The molecule has 2 amide bonds. The number of carbonyl (C=O) groups excluding carboxylic acids is 1. The van der Waals surface area contributed by atoms with Gasteiger partial charge in [0.15, 0.2) is 0 Å². The average molecular weight is 258 g/mol. The second kappa shape index (κ2) is 8.78. The molecule has 0 aromatic heterocycles. The van der Waals surface area contributed by atoms with Crippen molar-refractivity contribution in [3.63, 3.8) is 0 Å². The average Bonchev–Trinajstić information content (AvgIpc) is 2.24. The molecule has 0 rings (SSSR count). The highest BCUT2D eigenvalue weighted by Gasteiger charge is 2.20. The van der Waals surface area contributed by atoms with Crippen LogP contribution in [-0.4, -0.2) is 41.1 Å². The lowest BCUT2D eigenvalue weighted by Gasteiger charge is -2.27. The van der Waals surface area contributed by atoms with Crippen LogP contribution in [0.2, 0.25) is 0 Å². The normalized spacial score (nSPS) is 12.3. The number of carboxylic acids is 1. The van der Waals surface area contributed by atoms with E-state index in [0.29, 0.717) is 19.0 Å². The van der Waals surface area contributed by atoms with Crippen LogP contribution in [0.3, 0.4) is 0 Å². The standard InChI is InChI=1S/C13H26N2O3/c1-5-15(11(4)9-12(16)17)13(18)14-8-6-7-10(2)3/h10-11H,5-9H2,1-4H3,(H,14,18)(H,16,17). The van der Waals surface area contributed by atoms with Gasteiger partial charge in [0.25, 0.3) is 0 Å². The number of hydrogen-bond acceptors (Lipinski definition) is 2. The van der Waals surface area contributed by atoms with Crippen LogP contribution in [0.5, 0.6) is 0 Å². The van der Waals surface area contributed by atoms with Crippen LogP contribution in [0.1, 0.15) is 47.0 Å². The van der Waals surface area contributed by atoms with Crippen molar-refractivity contribution in [1.29, 1.82) is 0 Å². The molecule has 0 radical (unpaired) electrons. The fourth-order valence-corrected chi connectivity index (χ4v) is 1.83. The summed E-state index contributed by atoms with van der Waals surface area (Å²) in [4.78, 5) is 24.1. The van der Waals surface area contributed by atoms with Gasteiger partial charge in [-0.3, -0.25) is 4.79 Å². The van der Waals surface area contributed by atoms with Crippen molar-refractivity contribution < 1.29 is 14.7 Å². The first kappa shape index (κ1) is 16.7. The van der Waals surface area contributed by atoms with Gasteiger partial charge in [-0.25, -0.2) is 4.79 Å². The van der Waals surface area contributed by atoms with Gasteiger partial charge in [-0.05, 0) is 32.6 Å². The maximum absolute atomic E-state index is 11.9. The molecule has 0 fully saturated rings. The number of hydrogen-bond donors (Lipinski definition) is 2. The molecule has 0 heterocycles. The minimum Gasteiger partial charge on any atom is -0.481 e. The molecule has 106 valence electrons. The summed E-state index contributed by atoms with van der Waals surface area (Å²) in [6, 6.07) is -0.451. The number of nitrogens with zero attached hydrogens (tertiary/aromatic N) is 1. The molecular weight excluding hydrogens is 232 g/mol. The Bertz CT molecular complexity index is 267.